The van der Waals surface area contributed by atoms with Crippen molar-refractivity contribution in [3.05, 3.63) is 105 Å². The Bertz CT molecular complexity index is 1600. The van der Waals surface area contributed by atoms with Gasteiger partial charge in [0.2, 0.25) is 0 Å². The van der Waals surface area contributed by atoms with E-state index >= 15 is 0 Å². The van der Waals surface area contributed by atoms with Crippen molar-refractivity contribution >= 4 is 10.9 Å². The van der Waals surface area contributed by atoms with E-state index in [1.165, 1.54) is 12.0 Å². The Morgan fingerprint density at radius 2 is 1.92 bits per heavy atom. The highest BCUT2D eigenvalue weighted by Crippen LogP contribution is 2.34. The first-order chi connectivity index (χ1) is 19.1. The molecule has 6 rings (SSSR count). The van der Waals surface area contributed by atoms with Gasteiger partial charge in [-0.05, 0) is 95.6 Å². The molecule has 1 aromatic carbocycles. The summed E-state index contributed by atoms with van der Waals surface area (Å²) in [5.74, 6) is 1.47. The molecule has 0 aliphatic heterocycles. The number of nitrogens with zero attached hydrogens (tertiary/aromatic N) is 6. The van der Waals surface area contributed by atoms with Gasteiger partial charge >= 0.3 is 0 Å². The van der Waals surface area contributed by atoms with Crippen molar-refractivity contribution in [2.45, 2.75) is 71.1 Å². The van der Waals surface area contributed by atoms with Crippen LogP contribution < -0.4 is 5.56 Å². The van der Waals surface area contributed by atoms with E-state index in [-0.39, 0.29) is 11.6 Å². The number of fused-ring (bicyclic) bond motifs is 1. The van der Waals surface area contributed by atoms with Crippen LogP contribution in [0.25, 0.3) is 10.9 Å². The van der Waals surface area contributed by atoms with E-state index in [0.717, 1.165) is 53.5 Å². The zero-order valence-electron chi connectivity index (χ0n) is 22.4. The van der Waals surface area contributed by atoms with Crippen molar-refractivity contribution in [1.29, 1.82) is 0 Å². The number of aromatic nitrogens is 6. The average molecular weight is 524 g/mol. The van der Waals surface area contributed by atoms with E-state index in [1.807, 2.05) is 47.3 Å². The van der Waals surface area contributed by atoms with Crippen LogP contribution in [-0.2, 0) is 13.1 Å². The second-order valence-electron chi connectivity index (χ2n) is 10.6. The van der Waals surface area contributed by atoms with E-state index in [9.17, 15) is 4.79 Å². The van der Waals surface area contributed by atoms with Crippen molar-refractivity contribution in [1.82, 2.24) is 35.1 Å². The van der Waals surface area contributed by atoms with Crippen LogP contribution in [0.3, 0.4) is 0 Å². The number of benzene rings is 1. The van der Waals surface area contributed by atoms with E-state index in [1.54, 1.807) is 12.5 Å². The molecule has 1 N–H and O–H groups in total. The van der Waals surface area contributed by atoms with Gasteiger partial charge in [0.25, 0.3) is 5.56 Å². The van der Waals surface area contributed by atoms with Gasteiger partial charge in [0.05, 0.1) is 18.8 Å². The predicted molar refractivity (Wildman–Crippen MR) is 148 cm³/mol. The molecule has 1 atom stereocenters. The van der Waals surface area contributed by atoms with Gasteiger partial charge in [-0.15, -0.1) is 5.10 Å². The second kappa shape index (κ2) is 10.9. The normalized spacial score (nSPS) is 15.3. The summed E-state index contributed by atoms with van der Waals surface area (Å²) >= 11 is 0. The Morgan fingerprint density at radius 3 is 2.69 bits per heavy atom. The van der Waals surface area contributed by atoms with Crippen LogP contribution in [0.1, 0.15) is 78.0 Å². The van der Waals surface area contributed by atoms with Crippen molar-refractivity contribution in [2.24, 2.45) is 0 Å². The maximum atomic E-state index is 13.8. The topological polar surface area (TPSA) is 106 Å². The van der Waals surface area contributed by atoms with Crippen LogP contribution in [-0.4, -0.2) is 35.1 Å². The number of hydrogen-bond acceptors (Lipinski definition) is 7. The molecule has 0 saturated heterocycles. The highest BCUT2D eigenvalue weighted by Gasteiger charge is 2.33. The Kier molecular flexibility index (Phi) is 7.06. The lowest BCUT2D eigenvalue weighted by atomic mass is 9.95. The third-order valence-corrected chi connectivity index (χ3v) is 7.88. The lowest BCUT2D eigenvalue weighted by Gasteiger charge is -2.32. The molecule has 4 aromatic heterocycles. The number of tetrazole rings is 1. The van der Waals surface area contributed by atoms with Gasteiger partial charge < -0.3 is 9.40 Å². The molecule has 0 radical (unpaired) electrons. The third kappa shape index (κ3) is 5.27. The van der Waals surface area contributed by atoms with E-state index in [2.05, 4.69) is 50.3 Å². The monoisotopic (exact) mass is 523 g/mol. The van der Waals surface area contributed by atoms with Crippen molar-refractivity contribution < 1.29 is 4.42 Å². The molecule has 4 heterocycles. The van der Waals surface area contributed by atoms with Gasteiger partial charge in [0.1, 0.15) is 11.8 Å². The van der Waals surface area contributed by atoms with Gasteiger partial charge in [-0.3, -0.25) is 14.7 Å². The third-order valence-electron chi connectivity index (χ3n) is 7.88. The minimum absolute atomic E-state index is 0.149. The van der Waals surface area contributed by atoms with Crippen LogP contribution in [0, 0.1) is 13.8 Å². The van der Waals surface area contributed by atoms with Crippen LogP contribution in [0.2, 0.25) is 0 Å². The lowest BCUT2D eigenvalue weighted by molar-refractivity contribution is 0.173. The Morgan fingerprint density at radius 1 is 1.08 bits per heavy atom. The zero-order valence-corrected chi connectivity index (χ0v) is 22.4. The van der Waals surface area contributed by atoms with Crippen molar-refractivity contribution in [3.8, 4) is 0 Å². The standard InChI is InChI=1S/C30H33N7O2/c1-20-14-23-16-26(30(38)32-27(23)15-21(20)2)28(29-33-34-35-37(29)24-9-4-3-5-10-24)36(19-25-11-7-13-39-25)18-22-8-6-12-31-17-22/h6-8,11-17,24,28H,3-5,9-10,18-19H2,1-2H3,(H,32,38)/t28-/m1/s1. The number of nitrogens with one attached hydrogen (secondary N) is 1. The molecule has 5 aromatic rings. The molecular weight excluding hydrogens is 490 g/mol. The average Bonchev–Trinajstić information content (AvgIpc) is 3.64. The van der Waals surface area contributed by atoms with Crippen LogP contribution in [0.4, 0.5) is 0 Å². The minimum Gasteiger partial charge on any atom is -0.468 e. The first kappa shape index (κ1) is 25.2. The summed E-state index contributed by atoms with van der Waals surface area (Å²) in [6.45, 7) is 5.14. The smallest absolute Gasteiger partial charge is 0.253 e. The molecule has 9 nitrogen and oxygen atoms in total. The summed E-state index contributed by atoms with van der Waals surface area (Å²) in [5, 5.41) is 14.2. The van der Waals surface area contributed by atoms with Crippen LogP contribution in [0.15, 0.2) is 70.3 Å². The van der Waals surface area contributed by atoms with Gasteiger partial charge in [-0.2, -0.15) is 0 Å². The van der Waals surface area contributed by atoms with Crippen molar-refractivity contribution in [2.75, 3.05) is 0 Å². The summed E-state index contributed by atoms with van der Waals surface area (Å²) in [6.07, 6.45) is 10.9. The maximum absolute atomic E-state index is 13.8. The summed E-state index contributed by atoms with van der Waals surface area (Å²) in [7, 11) is 0. The van der Waals surface area contributed by atoms with Crippen LogP contribution in [0.5, 0.6) is 0 Å². The largest absolute Gasteiger partial charge is 0.468 e. The molecule has 9 heteroatoms. The Balaban J connectivity index is 1.53. The summed E-state index contributed by atoms with van der Waals surface area (Å²) in [5.41, 5.74) is 4.61. The molecule has 1 fully saturated rings. The van der Waals surface area contributed by atoms with Gasteiger partial charge in [0.15, 0.2) is 5.82 Å². The maximum Gasteiger partial charge on any atom is 0.253 e. The second-order valence-corrected chi connectivity index (χ2v) is 10.6. The molecule has 1 aliphatic carbocycles. The molecular formula is C30H33N7O2. The van der Waals surface area contributed by atoms with E-state index < -0.39 is 6.04 Å². The number of furan rings is 1. The van der Waals surface area contributed by atoms with Gasteiger partial charge in [0, 0.05) is 30.0 Å². The number of pyridine rings is 2. The molecule has 200 valence electrons. The number of rotatable bonds is 8. The van der Waals surface area contributed by atoms with Crippen molar-refractivity contribution in [3.63, 3.8) is 0 Å². The van der Waals surface area contributed by atoms with Crippen LogP contribution >= 0.6 is 0 Å². The molecule has 39 heavy (non-hydrogen) atoms. The predicted octanol–water partition coefficient (Wildman–Crippen LogP) is 5.42. The SMILES string of the molecule is Cc1cc2cc([C@H](c3nnnn3C3CCCCC3)N(Cc3cccnc3)Cc3ccco3)c(=O)[nH]c2cc1C. The molecule has 0 bridgehead atoms. The fourth-order valence-corrected chi connectivity index (χ4v) is 5.73. The number of aryl methyl sites for hydroxylation is 2. The fourth-order valence-electron chi connectivity index (χ4n) is 5.73. The van der Waals surface area contributed by atoms with E-state index in [4.69, 9.17) is 4.42 Å². The van der Waals surface area contributed by atoms with E-state index in [0.29, 0.717) is 24.5 Å². The highest BCUT2D eigenvalue weighted by atomic mass is 16.3. The fraction of sp³-hybridized carbons (Fsp3) is 0.367. The van der Waals surface area contributed by atoms with Gasteiger partial charge in [-0.1, -0.05) is 25.3 Å². The summed E-state index contributed by atoms with van der Waals surface area (Å²) < 4.78 is 7.74. The Labute approximate surface area is 226 Å². The summed E-state index contributed by atoms with van der Waals surface area (Å²) in [6, 6.07) is 13.7. The molecule has 1 aliphatic rings. The highest BCUT2D eigenvalue weighted by molar-refractivity contribution is 5.81. The van der Waals surface area contributed by atoms with Gasteiger partial charge in [-0.25, -0.2) is 4.68 Å². The number of H-pyrrole nitrogens is 1. The molecule has 0 spiro atoms. The molecule has 0 amide bonds. The number of aromatic amines is 1. The molecule has 1 saturated carbocycles. The first-order valence-electron chi connectivity index (χ1n) is 13.6. The quantitative estimate of drug-likeness (QED) is 0.290. The zero-order chi connectivity index (χ0) is 26.8. The minimum atomic E-state index is -0.512. The number of hydrogen-bond donors (Lipinski definition) is 1. The Hall–Kier alpha value is -4.11. The summed E-state index contributed by atoms with van der Waals surface area (Å²) in [4.78, 5) is 23.5. The first-order valence-corrected chi connectivity index (χ1v) is 13.6. The lowest BCUT2D eigenvalue weighted by Crippen LogP contribution is -2.35. The molecule has 0 unspecified atom stereocenters.